The van der Waals surface area contributed by atoms with Crippen LogP contribution in [0.5, 0.6) is 0 Å². The normalized spacial score (nSPS) is 11.1. The fraction of sp³-hybridized carbons (Fsp3) is 0.385. The Morgan fingerprint density at radius 2 is 2.24 bits per heavy atom. The first-order chi connectivity index (χ1) is 8.22. The van der Waals surface area contributed by atoms with Crippen LogP contribution in [0.15, 0.2) is 30.6 Å². The molecule has 0 radical (unpaired) electrons. The molecule has 0 fully saturated rings. The second-order valence-electron chi connectivity index (χ2n) is 4.33. The Labute approximate surface area is 102 Å². The molecule has 0 spiro atoms. The Hall–Kier alpha value is -1.68. The highest BCUT2D eigenvalue weighted by atomic mass is 15.3. The van der Waals surface area contributed by atoms with E-state index < -0.39 is 0 Å². The van der Waals surface area contributed by atoms with Gasteiger partial charge in [-0.2, -0.15) is 5.10 Å². The fourth-order valence-electron chi connectivity index (χ4n) is 1.85. The minimum atomic E-state index is 0.365. The molecule has 2 aromatic heterocycles. The zero-order valence-electron chi connectivity index (χ0n) is 10.5. The van der Waals surface area contributed by atoms with Crippen molar-refractivity contribution in [1.82, 2.24) is 20.1 Å². The number of nitrogens with zero attached hydrogens (tertiary/aromatic N) is 3. The van der Waals surface area contributed by atoms with Gasteiger partial charge in [0.05, 0.1) is 11.4 Å². The molecule has 4 nitrogen and oxygen atoms in total. The van der Waals surface area contributed by atoms with Crippen LogP contribution >= 0.6 is 0 Å². The van der Waals surface area contributed by atoms with E-state index in [1.54, 1.807) is 6.20 Å². The summed E-state index contributed by atoms with van der Waals surface area (Å²) < 4.78 is 2.05. The number of aromatic nitrogens is 3. The lowest BCUT2D eigenvalue weighted by molar-refractivity contribution is 0.503. The number of hydrogen-bond donors (Lipinski definition) is 1. The van der Waals surface area contributed by atoms with Crippen molar-refractivity contribution in [2.24, 2.45) is 0 Å². The van der Waals surface area contributed by atoms with E-state index >= 15 is 0 Å². The second kappa shape index (κ2) is 5.10. The molecule has 17 heavy (non-hydrogen) atoms. The van der Waals surface area contributed by atoms with Crippen LogP contribution in [-0.2, 0) is 6.54 Å². The van der Waals surface area contributed by atoms with E-state index in [2.05, 4.69) is 40.0 Å². The van der Waals surface area contributed by atoms with Crippen LogP contribution in [0.1, 0.15) is 25.6 Å². The van der Waals surface area contributed by atoms with E-state index in [4.69, 9.17) is 0 Å². The molecule has 0 aliphatic carbocycles. The fourth-order valence-corrected chi connectivity index (χ4v) is 1.85. The van der Waals surface area contributed by atoms with E-state index in [1.165, 1.54) is 5.69 Å². The maximum atomic E-state index is 4.64. The van der Waals surface area contributed by atoms with E-state index in [9.17, 15) is 0 Å². The van der Waals surface area contributed by atoms with Crippen molar-refractivity contribution >= 4 is 0 Å². The van der Waals surface area contributed by atoms with Crippen LogP contribution in [0.4, 0.5) is 0 Å². The monoisotopic (exact) mass is 230 g/mol. The number of rotatable bonds is 4. The molecule has 0 saturated heterocycles. The summed E-state index contributed by atoms with van der Waals surface area (Å²) >= 11 is 0. The van der Waals surface area contributed by atoms with Crippen molar-refractivity contribution in [1.29, 1.82) is 0 Å². The molecule has 0 aliphatic rings. The van der Waals surface area contributed by atoms with Crippen molar-refractivity contribution in [3.8, 4) is 11.3 Å². The Balaban J connectivity index is 2.40. The molecule has 90 valence electrons. The van der Waals surface area contributed by atoms with Gasteiger partial charge in [-0.05, 0) is 39.1 Å². The Morgan fingerprint density at radius 1 is 1.41 bits per heavy atom. The molecule has 0 aliphatic heterocycles. The predicted octanol–water partition coefficient (Wildman–Crippen LogP) is 2.25. The molecule has 0 saturated carbocycles. The van der Waals surface area contributed by atoms with Crippen molar-refractivity contribution in [2.45, 2.75) is 26.4 Å². The molecule has 0 atom stereocenters. The van der Waals surface area contributed by atoms with Crippen LogP contribution in [0.3, 0.4) is 0 Å². The van der Waals surface area contributed by atoms with Gasteiger partial charge in [0, 0.05) is 30.5 Å². The molecule has 2 aromatic rings. The standard InChI is InChI=1S/C13H18N4/c1-10(2)17-12(9-14-3)7-13(16-17)11-5-4-6-15-8-11/h4-8,10,14H,9H2,1-3H3. The maximum Gasteiger partial charge on any atom is 0.0942 e. The number of pyridine rings is 1. The summed E-state index contributed by atoms with van der Waals surface area (Å²) in [5.41, 5.74) is 3.24. The van der Waals surface area contributed by atoms with Crippen molar-refractivity contribution in [3.63, 3.8) is 0 Å². The summed E-state index contributed by atoms with van der Waals surface area (Å²) in [6.45, 7) is 5.10. The Morgan fingerprint density at radius 3 is 2.82 bits per heavy atom. The molecule has 0 unspecified atom stereocenters. The lowest BCUT2D eigenvalue weighted by Gasteiger charge is -2.09. The topological polar surface area (TPSA) is 42.7 Å². The van der Waals surface area contributed by atoms with Crippen molar-refractivity contribution in [2.75, 3.05) is 7.05 Å². The summed E-state index contributed by atoms with van der Waals surface area (Å²) in [6.07, 6.45) is 3.62. The SMILES string of the molecule is CNCc1cc(-c2cccnc2)nn1C(C)C. The smallest absolute Gasteiger partial charge is 0.0942 e. The van der Waals surface area contributed by atoms with Gasteiger partial charge in [-0.15, -0.1) is 0 Å². The van der Waals surface area contributed by atoms with Gasteiger partial charge < -0.3 is 5.32 Å². The van der Waals surface area contributed by atoms with Gasteiger partial charge in [0.25, 0.3) is 0 Å². The summed E-state index contributed by atoms with van der Waals surface area (Å²) in [5, 5.41) is 7.80. The Kier molecular flexibility index (Phi) is 3.54. The highest BCUT2D eigenvalue weighted by Crippen LogP contribution is 2.20. The molecule has 0 amide bonds. The summed E-state index contributed by atoms with van der Waals surface area (Å²) in [5.74, 6) is 0. The second-order valence-corrected chi connectivity index (χ2v) is 4.33. The molecule has 0 bridgehead atoms. The van der Waals surface area contributed by atoms with Gasteiger partial charge in [-0.1, -0.05) is 0 Å². The van der Waals surface area contributed by atoms with Gasteiger partial charge in [0.2, 0.25) is 0 Å². The lowest BCUT2D eigenvalue weighted by Crippen LogP contribution is -2.13. The van der Waals surface area contributed by atoms with Gasteiger partial charge in [0.15, 0.2) is 0 Å². The molecule has 0 aromatic carbocycles. The quantitative estimate of drug-likeness (QED) is 0.876. The molecular formula is C13H18N4. The van der Waals surface area contributed by atoms with Crippen LogP contribution in [0, 0.1) is 0 Å². The molecule has 2 heterocycles. The van der Waals surface area contributed by atoms with Gasteiger partial charge in [0.1, 0.15) is 0 Å². The van der Waals surface area contributed by atoms with Crippen LogP contribution in [0.2, 0.25) is 0 Å². The zero-order valence-corrected chi connectivity index (χ0v) is 10.5. The molecule has 1 N–H and O–H groups in total. The van der Waals surface area contributed by atoms with Crippen LogP contribution < -0.4 is 5.32 Å². The van der Waals surface area contributed by atoms with Gasteiger partial charge in [-0.3, -0.25) is 9.67 Å². The highest BCUT2D eigenvalue weighted by Gasteiger charge is 2.11. The van der Waals surface area contributed by atoms with E-state index in [0.717, 1.165) is 17.8 Å². The van der Waals surface area contributed by atoms with Gasteiger partial charge in [-0.25, -0.2) is 0 Å². The summed E-state index contributed by atoms with van der Waals surface area (Å²) in [4.78, 5) is 4.13. The van der Waals surface area contributed by atoms with E-state index in [-0.39, 0.29) is 0 Å². The first-order valence-electron chi connectivity index (χ1n) is 5.85. The number of hydrogen-bond acceptors (Lipinski definition) is 3. The third-order valence-corrected chi connectivity index (χ3v) is 2.62. The van der Waals surface area contributed by atoms with Crippen molar-refractivity contribution in [3.05, 3.63) is 36.3 Å². The third kappa shape index (κ3) is 2.53. The predicted molar refractivity (Wildman–Crippen MR) is 68.6 cm³/mol. The average Bonchev–Trinajstić information content (AvgIpc) is 2.75. The van der Waals surface area contributed by atoms with Crippen molar-refractivity contribution < 1.29 is 0 Å². The lowest BCUT2D eigenvalue weighted by atomic mass is 10.2. The van der Waals surface area contributed by atoms with E-state index in [1.807, 2.05) is 25.4 Å². The largest absolute Gasteiger partial charge is 0.314 e. The molecule has 2 rings (SSSR count). The molecule has 4 heteroatoms. The van der Waals surface area contributed by atoms with Crippen LogP contribution in [-0.4, -0.2) is 21.8 Å². The minimum Gasteiger partial charge on any atom is -0.314 e. The molecular weight excluding hydrogens is 212 g/mol. The number of nitrogens with one attached hydrogen (secondary N) is 1. The highest BCUT2D eigenvalue weighted by molar-refractivity contribution is 5.57. The first-order valence-corrected chi connectivity index (χ1v) is 5.85. The average molecular weight is 230 g/mol. The summed E-state index contributed by atoms with van der Waals surface area (Å²) in [7, 11) is 1.95. The van der Waals surface area contributed by atoms with Gasteiger partial charge >= 0.3 is 0 Å². The Bertz CT molecular complexity index is 473. The van der Waals surface area contributed by atoms with Crippen LogP contribution in [0.25, 0.3) is 11.3 Å². The third-order valence-electron chi connectivity index (χ3n) is 2.62. The minimum absolute atomic E-state index is 0.365. The first kappa shape index (κ1) is 11.8. The summed E-state index contributed by atoms with van der Waals surface area (Å²) in [6, 6.07) is 6.45. The zero-order chi connectivity index (χ0) is 12.3. The maximum absolute atomic E-state index is 4.64. The van der Waals surface area contributed by atoms with E-state index in [0.29, 0.717) is 6.04 Å².